The normalized spacial score (nSPS) is 11.9. The van der Waals surface area contributed by atoms with E-state index in [9.17, 15) is 27.6 Å². The number of nitrogens with one attached hydrogen (secondary N) is 1. The summed E-state index contributed by atoms with van der Waals surface area (Å²) in [6.07, 6.45) is -5.51. The van der Waals surface area contributed by atoms with Gasteiger partial charge in [0.15, 0.2) is 0 Å². The molecule has 4 aromatic rings. The van der Waals surface area contributed by atoms with E-state index in [0.717, 1.165) is 18.2 Å². The zero-order chi connectivity index (χ0) is 34.0. The SMILES string of the molecule is [B]c1ccc(C(F)(F)F)cc1NC(=O)c1cccc2nc(Oc3ccnc(N(C(=O)OC(C)(C)C)C(=O)OC(C)(C)C)n3)ccc12. The number of benzene rings is 2. The first kappa shape index (κ1) is 33.7. The van der Waals surface area contributed by atoms with Gasteiger partial charge in [-0.15, -0.1) is 4.90 Å². The van der Waals surface area contributed by atoms with Crippen molar-refractivity contribution >= 4 is 53.9 Å². The molecule has 0 unspecified atom stereocenters. The van der Waals surface area contributed by atoms with Gasteiger partial charge in [0.25, 0.3) is 5.91 Å². The van der Waals surface area contributed by atoms with Crippen LogP contribution in [0.15, 0.2) is 60.8 Å². The maximum absolute atomic E-state index is 13.2. The van der Waals surface area contributed by atoms with Gasteiger partial charge in [-0.3, -0.25) is 4.79 Å². The predicted molar refractivity (Wildman–Crippen MR) is 164 cm³/mol. The van der Waals surface area contributed by atoms with Gasteiger partial charge in [0.2, 0.25) is 17.7 Å². The summed E-state index contributed by atoms with van der Waals surface area (Å²) in [7, 11) is 5.81. The second kappa shape index (κ2) is 12.7. The van der Waals surface area contributed by atoms with Crippen molar-refractivity contribution < 1.29 is 41.8 Å². The maximum Gasteiger partial charge on any atom is 0.427 e. The minimum Gasteiger partial charge on any atom is -0.443 e. The summed E-state index contributed by atoms with van der Waals surface area (Å²) in [4.78, 5) is 52.2. The molecule has 0 saturated carbocycles. The van der Waals surface area contributed by atoms with Gasteiger partial charge in [-0.1, -0.05) is 23.7 Å². The molecule has 2 radical (unpaired) electrons. The van der Waals surface area contributed by atoms with Gasteiger partial charge in [-0.25, -0.2) is 19.6 Å². The Balaban J connectivity index is 1.60. The Labute approximate surface area is 263 Å². The van der Waals surface area contributed by atoms with E-state index in [0.29, 0.717) is 15.8 Å². The van der Waals surface area contributed by atoms with Gasteiger partial charge >= 0.3 is 18.4 Å². The fraction of sp³-hybridized carbons (Fsp3) is 0.290. The van der Waals surface area contributed by atoms with Crippen LogP contribution < -0.4 is 20.4 Å². The highest BCUT2D eigenvalue weighted by molar-refractivity contribution is 6.36. The number of halogens is 3. The van der Waals surface area contributed by atoms with Gasteiger partial charge in [0.05, 0.1) is 11.1 Å². The summed E-state index contributed by atoms with van der Waals surface area (Å²) < 4.78 is 56.1. The summed E-state index contributed by atoms with van der Waals surface area (Å²) in [5, 5.41) is 2.79. The number of aromatic nitrogens is 3. The molecule has 3 amide bonds. The molecule has 1 N–H and O–H groups in total. The number of carbonyl (C=O) groups excluding carboxylic acids is 3. The third-order valence-electron chi connectivity index (χ3n) is 5.76. The minimum absolute atomic E-state index is 0.0258. The minimum atomic E-state index is -4.62. The second-order valence-electron chi connectivity index (χ2n) is 11.9. The Kier molecular flexibility index (Phi) is 9.27. The number of ether oxygens (including phenoxy) is 3. The maximum atomic E-state index is 13.2. The molecule has 2 aromatic heterocycles. The van der Waals surface area contributed by atoms with Crippen LogP contribution in [0.25, 0.3) is 10.9 Å². The fourth-order valence-corrected chi connectivity index (χ4v) is 3.88. The number of hydrogen-bond acceptors (Lipinski definition) is 9. The zero-order valence-electron chi connectivity index (χ0n) is 25.7. The number of rotatable bonds is 5. The van der Waals surface area contributed by atoms with Gasteiger partial charge in [0.1, 0.15) is 19.0 Å². The molecular formula is C31H29BF3N5O6. The van der Waals surface area contributed by atoms with Crippen molar-refractivity contribution in [1.29, 1.82) is 0 Å². The third kappa shape index (κ3) is 8.49. The van der Waals surface area contributed by atoms with Crippen molar-refractivity contribution in [2.75, 3.05) is 10.2 Å². The number of anilines is 2. The van der Waals surface area contributed by atoms with Crippen LogP contribution in [0.2, 0.25) is 0 Å². The van der Waals surface area contributed by atoms with E-state index < -0.39 is 41.0 Å². The molecule has 0 saturated heterocycles. The summed E-state index contributed by atoms with van der Waals surface area (Å²) in [6.45, 7) is 9.75. The molecule has 15 heteroatoms. The number of fused-ring (bicyclic) bond motifs is 1. The zero-order valence-corrected chi connectivity index (χ0v) is 25.7. The Hall–Kier alpha value is -5.21. The number of alkyl halides is 3. The van der Waals surface area contributed by atoms with Crippen LogP contribution in [-0.2, 0) is 15.7 Å². The molecule has 0 bridgehead atoms. The smallest absolute Gasteiger partial charge is 0.427 e. The molecule has 2 heterocycles. The molecule has 2 aromatic carbocycles. The standard InChI is InChI=1S/C31H29BF3N5O6/c1-29(2,3)45-27(42)40(28(43)46-30(4,5)6)26-36-15-14-24(39-26)44-23-13-11-18-19(8-7-9-21(18)37-23)25(41)38-22-16-17(31(33,34)35)10-12-20(22)32/h7-16H,1-6H3,(H,38,41). The van der Waals surface area contributed by atoms with E-state index >= 15 is 0 Å². The lowest BCUT2D eigenvalue weighted by atomic mass is 9.92. The largest absolute Gasteiger partial charge is 0.443 e. The summed E-state index contributed by atoms with van der Waals surface area (Å²) in [5.74, 6) is -1.16. The van der Waals surface area contributed by atoms with Gasteiger partial charge in [-0.05, 0) is 65.8 Å². The highest BCUT2D eigenvalue weighted by Crippen LogP contribution is 2.31. The van der Waals surface area contributed by atoms with E-state index in [1.54, 1.807) is 47.6 Å². The molecular weight excluding hydrogens is 606 g/mol. The van der Waals surface area contributed by atoms with E-state index in [1.165, 1.54) is 36.5 Å². The molecule has 0 aliphatic carbocycles. The molecule has 0 atom stereocenters. The third-order valence-corrected chi connectivity index (χ3v) is 5.76. The molecule has 0 aliphatic heterocycles. The highest BCUT2D eigenvalue weighted by atomic mass is 19.4. The Bertz CT molecular complexity index is 1780. The Morgan fingerprint density at radius 3 is 2.07 bits per heavy atom. The van der Waals surface area contributed by atoms with E-state index in [2.05, 4.69) is 20.3 Å². The van der Waals surface area contributed by atoms with Crippen LogP contribution in [0.4, 0.5) is 34.4 Å². The average Bonchev–Trinajstić information content (AvgIpc) is 2.91. The number of nitrogens with zero attached hydrogens (tertiary/aromatic N) is 4. The number of pyridine rings is 1. The Morgan fingerprint density at radius 2 is 1.46 bits per heavy atom. The lowest BCUT2D eigenvalue weighted by Crippen LogP contribution is -2.44. The molecule has 4 rings (SSSR count). The number of amides is 3. The van der Waals surface area contributed by atoms with Crippen molar-refractivity contribution in [3.63, 3.8) is 0 Å². The first-order valence-electron chi connectivity index (χ1n) is 13.8. The fourth-order valence-electron chi connectivity index (χ4n) is 3.88. The lowest BCUT2D eigenvalue weighted by Gasteiger charge is -2.27. The Morgan fingerprint density at radius 1 is 0.826 bits per heavy atom. The number of imide groups is 1. The van der Waals surface area contributed by atoms with Crippen LogP contribution in [0.5, 0.6) is 11.8 Å². The van der Waals surface area contributed by atoms with Crippen molar-refractivity contribution in [3.8, 4) is 11.8 Å². The predicted octanol–water partition coefficient (Wildman–Crippen LogP) is 6.56. The lowest BCUT2D eigenvalue weighted by molar-refractivity contribution is -0.137. The molecule has 46 heavy (non-hydrogen) atoms. The van der Waals surface area contributed by atoms with E-state index in [-0.39, 0.29) is 34.4 Å². The van der Waals surface area contributed by atoms with Crippen LogP contribution in [0, 0.1) is 0 Å². The highest BCUT2D eigenvalue weighted by Gasteiger charge is 2.35. The van der Waals surface area contributed by atoms with Crippen molar-refractivity contribution in [2.45, 2.75) is 58.9 Å². The van der Waals surface area contributed by atoms with E-state index in [1.807, 2.05) is 0 Å². The number of carbonyl (C=O) groups is 3. The molecule has 0 fully saturated rings. The summed E-state index contributed by atoms with van der Waals surface area (Å²) >= 11 is 0. The van der Waals surface area contributed by atoms with Gasteiger partial charge in [0, 0.05) is 35.0 Å². The molecule has 0 aliphatic rings. The molecule has 238 valence electrons. The monoisotopic (exact) mass is 635 g/mol. The van der Waals surface area contributed by atoms with Crippen LogP contribution in [-0.4, -0.2) is 52.1 Å². The van der Waals surface area contributed by atoms with Crippen molar-refractivity contribution in [3.05, 3.63) is 71.9 Å². The first-order chi connectivity index (χ1) is 21.3. The first-order valence-corrected chi connectivity index (χ1v) is 13.8. The second-order valence-corrected chi connectivity index (χ2v) is 11.9. The number of hydrogen-bond donors (Lipinski definition) is 1. The van der Waals surface area contributed by atoms with E-state index in [4.69, 9.17) is 22.1 Å². The van der Waals surface area contributed by atoms with Crippen molar-refractivity contribution in [2.24, 2.45) is 0 Å². The quantitative estimate of drug-likeness (QED) is 0.242. The van der Waals surface area contributed by atoms with Gasteiger partial charge in [-0.2, -0.15) is 18.2 Å². The van der Waals surface area contributed by atoms with Crippen LogP contribution in [0.3, 0.4) is 0 Å². The summed E-state index contributed by atoms with van der Waals surface area (Å²) in [6, 6.07) is 11.6. The molecule has 11 nitrogen and oxygen atoms in total. The van der Waals surface area contributed by atoms with Crippen LogP contribution in [0.1, 0.15) is 57.5 Å². The van der Waals surface area contributed by atoms with Crippen LogP contribution >= 0.6 is 0 Å². The summed E-state index contributed by atoms with van der Waals surface area (Å²) in [5.41, 5.74) is -2.69. The topological polar surface area (TPSA) is 133 Å². The van der Waals surface area contributed by atoms with Gasteiger partial charge < -0.3 is 19.5 Å². The average molecular weight is 635 g/mol. The van der Waals surface area contributed by atoms with Crippen molar-refractivity contribution in [1.82, 2.24) is 15.0 Å². The molecule has 0 spiro atoms.